The molecule has 4 rings (SSSR count). The molecule has 0 radical (unpaired) electrons. The van der Waals surface area contributed by atoms with E-state index in [0.29, 0.717) is 21.4 Å². The Morgan fingerprint density at radius 3 is 2.52 bits per heavy atom. The Kier molecular flexibility index (Phi) is 5.79. The van der Waals surface area contributed by atoms with Gasteiger partial charge in [0.15, 0.2) is 0 Å². The predicted octanol–water partition coefficient (Wildman–Crippen LogP) is 6.08. The van der Waals surface area contributed by atoms with Crippen LogP contribution in [0.15, 0.2) is 72.1 Å². The Bertz CT molecular complexity index is 1280. The number of nitriles is 1. The zero-order valence-corrected chi connectivity index (χ0v) is 18.0. The fourth-order valence-corrected chi connectivity index (χ4v) is 4.03. The number of nitrogens with two attached hydrogens (primary N) is 1. The van der Waals surface area contributed by atoms with Crippen molar-refractivity contribution in [2.45, 2.75) is 5.92 Å². The van der Waals surface area contributed by atoms with Gasteiger partial charge in [-0.15, -0.1) is 0 Å². The molecule has 8 heteroatoms. The van der Waals surface area contributed by atoms with Crippen LogP contribution in [-0.4, -0.2) is 5.97 Å². The van der Waals surface area contributed by atoms with Crippen LogP contribution in [0.2, 0.25) is 15.1 Å². The highest BCUT2D eigenvalue weighted by atomic mass is 35.5. The lowest BCUT2D eigenvalue weighted by Gasteiger charge is -2.26. The summed E-state index contributed by atoms with van der Waals surface area (Å²) in [6.45, 7) is 0. The van der Waals surface area contributed by atoms with Crippen molar-refractivity contribution in [1.82, 2.24) is 0 Å². The third-order valence-electron chi connectivity index (χ3n) is 4.73. The first-order valence-corrected chi connectivity index (χ1v) is 10.1. The van der Waals surface area contributed by atoms with Crippen LogP contribution in [0.4, 0.5) is 0 Å². The van der Waals surface area contributed by atoms with Crippen molar-refractivity contribution in [3.05, 3.63) is 104 Å². The number of nitrogens with zero attached hydrogens (tertiary/aromatic N) is 1. The Balaban J connectivity index is 1.70. The van der Waals surface area contributed by atoms with Gasteiger partial charge in [0.1, 0.15) is 23.1 Å². The van der Waals surface area contributed by atoms with E-state index >= 15 is 0 Å². The SMILES string of the molecule is N#CC1=C(N)Oc2cc(OC(=O)c3ccc(Cl)cc3Cl)ccc2C1c1cccc(Cl)c1. The van der Waals surface area contributed by atoms with E-state index in [4.69, 9.17) is 50.0 Å². The number of ether oxygens (including phenoxy) is 2. The number of allylic oxidation sites excluding steroid dienone is 1. The number of esters is 1. The second-order valence-corrected chi connectivity index (χ2v) is 7.97. The molecule has 0 aliphatic carbocycles. The van der Waals surface area contributed by atoms with Gasteiger partial charge in [-0.1, -0.05) is 53.0 Å². The van der Waals surface area contributed by atoms with E-state index in [0.717, 1.165) is 5.56 Å². The van der Waals surface area contributed by atoms with Crippen LogP contribution in [0.5, 0.6) is 11.5 Å². The summed E-state index contributed by atoms with van der Waals surface area (Å²) in [6, 6.07) is 18.6. The van der Waals surface area contributed by atoms with Gasteiger partial charge < -0.3 is 15.2 Å². The van der Waals surface area contributed by atoms with E-state index in [1.807, 2.05) is 6.07 Å². The smallest absolute Gasteiger partial charge is 0.345 e. The normalized spacial score (nSPS) is 15.0. The Hall–Kier alpha value is -3.17. The molecular weight excluding hydrogens is 459 g/mol. The summed E-state index contributed by atoms with van der Waals surface area (Å²) in [7, 11) is 0. The van der Waals surface area contributed by atoms with Gasteiger partial charge >= 0.3 is 5.97 Å². The van der Waals surface area contributed by atoms with Gasteiger partial charge in [0.25, 0.3) is 0 Å². The van der Waals surface area contributed by atoms with E-state index < -0.39 is 11.9 Å². The topological polar surface area (TPSA) is 85.3 Å². The molecule has 3 aromatic carbocycles. The van der Waals surface area contributed by atoms with Crippen LogP contribution in [-0.2, 0) is 0 Å². The molecule has 0 amide bonds. The molecule has 3 aromatic rings. The van der Waals surface area contributed by atoms with Gasteiger partial charge in [0, 0.05) is 21.7 Å². The highest BCUT2D eigenvalue weighted by Crippen LogP contribution is 2.43. The van der Waals surface area contributed by atoms with Crippen molar-refractivity contribution in [3.63, 3.8) is 0 Å². The predicted molar refractivity (Wildman–Crippen MR) is 119 cm³/mol. The van der Waals surface area contributed by atoms with Crippen LogP contribution >= 0.6 is 34.8 Å². The van der Waals surface area contributed by atoms with E-state index in [1.165, 1.54) is 18.2 Å². The molecule has 1 aliphatic rings. The molecule has 5 nitrogen and oxygen atoms in total. The number of rotatable bonds is 3. The first kappa shape index (κ1) is 21.1. The van der Waals surface area contributed by atoms with Crippen molar-refractivity contribution >= 4 is 40.8 Å². The van der Waals surface area contributed by atoms with Crippen LogP contribution in [0.1, 0.15) is 27.4 Å². The molecule has 31 heavy (non-hydrogen) atoms. The first-order valence-electron chi connectivity index (χ1n) is 9.01. The highest BCUT2D eigenvalue weighted by Gasteiger charge is 2.31. The van der Waals surface area contributed by atoms with E-state index in [-0.39, 0.29) is 27.8 Å². The molecule has 1 atom stereocenters. The molecule has 154 valence electrons. The summed E-state index contributed by atoms with van der Waals surface area (Å²) in [5.74, 6) is -0.543. The van der Waals surface area contributed by atoms with Crippen LogP contribution in [0.25, 0.3) is 0 Å². The number of carbonyl (C=O) groups excluding carboxylic acids is 1. The highest BCUT2D eigenvalue weighted by molar-refractivity contribution is 6.36. The molecule has 2 N–H and O–H groups in total. The minimum Gasteiger partial charge on any atom is -0.440 e. The third-order valence-corrected chi connectivity index (χ3v) is 5.52. The standard InChI is InChI=1S/C23H13Cl3N2O3/c24-13-3-1-2-12(8-13)21-17-7-5-15(10-20(17)31-22(28)18(21)11-27)30-23(29)16-6-4-14(25)9-19(16)26/h1-10,21H,28H2. The lowest BCUT2D eigenvalue weighted by molar-refractivity contribution is 0.0734. The van der Waals surface area contributed by atoms with Crippen molar-refractivity contribution in [1.29, 1.82) is 5.26 Å². The first-order chi connectivity index (χ1) is 14.9. The van der Waals surface area contributed by atoms with Gasteiger partial charge in [-0.3, -0.25) is 0 Å². The number of halogens is 3. The fourth-order valence-electron chi connectivity index (χ4n) is 3.35. The minimum absolute atomic E-state index is 0.0239. The monoisotopic (exact) mass is 470 g/mol. The fraction of sp³-hybridized carbons (Fsp3) is 0.0435. The zero-order chi connectivity index (χ0) is 22.1. The van der Waals surface area contributed by atoms with Crippen LogP contribution in [0.3, 0.4) is 0 Å². The third kappa shape index (κ3) is 4.19. The summed E-state index contributed by atoms with van der Waals surface area (Å²) in [4.78, 5) is 12.5. The van der Waals surface area contributed by atoms with Gasteiger partial charge in [-0.25, -0.2) is 4.79 Å². The largest absolute Gasteiger partial charge is 0.440 e. The van der Waals surface area contributed by atoms with Crippen LogP contribution in [0, 0.1) is 11.3 Å². The average Bonchev–Trinajstić information content (AvgIpc) is 2.72. The molecule has 1 heterocycles. The molecule has 0 bridgehead atoms. The summed E-state index contributed by atoms with van der Waals surface area (Å²) < 4.78 is 11.1. The quantitative estimate of drug-likeness (QED) is 0.369. The number of fused-ring (bicyclic) bond motifs is 1. The number of benzene rings is 3. The van der Waals surface area contributed by atoms with Gasteiger partial charge in [-0.05, 0) is 42.0 Å². The molecule has 1 unspecified atom stereocenters. The van der Waals surface area contributed by atoms with Gasteiger partial charge in [-0.2, -0.15) is 5.26 Å². The zero-order valence-electron chi connectivity index (χ0n) is 15.7. The molecule has 0 spiro atoms. The molecule has 0 saturated heterocycles. The summed E-state index contributed by atoms with van der Waals surface area (Å²) in [5.41, 5.74) is 7.93. The summed E-state index contributed by atoms with van der Waals surface area (Å²) in [5, 5.41) is 10.8. The lowest BCUT2D eigenvalue weighted by Crippen LogP contribution is -2.21. The Labute approximate surface area is 193 Å². The second kappa shape index (κ2) is 8.52. The Morgan fingerprint density at radius 1 is 1.03 bits per heavy atom. The van der Waals surface area contributed by atoms with Gasteiger partial charge in [0.2, 0.25) is 5.88 Å². The number of hydrogen-bond acceptors (Lipinski definition) is 5. The van der Waals surface area contributed by atoms with Crippen LogP contribution < -0.4 is 15.2 Å². The molecule has 0 aromatic heterocycles. The average molecular weight is 472 g/mol. The van der Waals surface area contributed by atoms with Crippen molar-refractivity contribution in [2.75, 3.05) is 0 Å². The Morgan fingerprint density at radius 2 is 1.81 bits per heavy atom. The second-order valence-electron chi connectivity index (χ2n) is 6.69. The van der Waals surface area contributed by atoms with E-state index in [9.17, 15) is 10.1 Å². The van der Waals surface area contributed by atoms with E-state index in [2.05, 4.69) is 6.07 Å². The lowest BCUT2D eigenvalue weighted by atomic mass is 9.83. The maximum absolute atomic E-state index is 12.5. The number of carbonyl (C=O) groups is 1. The minimum atomic E-state index is -0.648. The number of hydrogen-bond donors (Lipinski definition) is 1. The van der Waals surface area contributed by atoms with E-state index in [1.54, 1.807) is 36.4 Å². The van der Waals surface area contributed by atoms with Crippen molar-refractivity contribution in [3.8, 4) is 17.6 Å². The molecule has 1 aliphatic heterocycles. The van der Waals surface area contributed by atoms with Crippen molar-refractivity contribution < 1.29 is 14.3 Å². The molecule has 0 saturated carbocycles. The summed E-state index contributed by atoms with van der Waals surface area (Å²) in [6.07, 6.45) is 0. The van der Waals surface area contributed by atoms with Gasteiger partial charge in [0.05, 0.1) is 16.5 Å². The summed E-state index contributed by atoms with van der Waals surface area (Å²) >= 11 is 18.1. The maximum Gasteiger partial charge on any atom is 0.345 e. The maximum atomic E-state index is 12.5. The van der Waals surface area contributed by atoms with Crippen molar-refractivity contribution in [2.24, 2.45) is 5.73 Å². The molecule has 0 fully saturated rings. The molecular formula is C23H13Cl3N2O3.